The molecule has 2 heterocycles. The molecule has 0 saturated carbocycles. The lowest BCUT2D eigenvalue weighted by Crippen LogP contribution is -2.32. The zero-order chi connectivity index (χ0) is 27.1. The van der Waals surface area contributed by atoms with Gasteiger partial charge in [-0.3, -0.25) is 14.4 Å². The first-order valence-corrected chi connectivity index (χ1v) is 11.7. The van der Waals surface area contributed by atoms with Crippen molar-refractivity contribution in [3.8, 4) is 11.5 Å². The maximum atomic E-state index is 13.0. The van der Waals surface area contributed by atoms with Crippen molar-refractivity contribution >= 4 is 64.0 Å². The largest absolute Gasteiger partial charge is 0.495 e. The minimum absolute atomic E-state index is 0.108. The van der Waals surface area contributed by atoms with Gasteiger partial charge < -0.3 is 25.4 Å². The second-order valence-corrected chi connectivity index (χ2v) is 8.26. The van der Waals surface area contributed by atoms with Crippen molar-refractivity contribution in [2.24, 2.45) is 0 Å². The highest BCUT2D eigenvalue weighted by atomic mass is 35.5. The van der Waals surface area contributed by atoms with Gasteiger partial charge in [-0.25, -0.2) is 14.8 Å². The van der Waals surface area contributed by atoms with Crippen LogP contribution in [0.5, 0.6) is 11.5 Å². The van der Waals surface area contributed by atoms with E-state index in [1.807, 2.05) is 6.92 Å². The van der Waals surface area contributed by atoms with Crippen LogP contribution < -0.4 is 30.3 Å². The van der Waals surface area contributed by atoms with E-state index in [0.717, 1.165) is 12.5 Å². The zero-order valence-corrected chi connectivity index (χ0v) is 22.1. The Bertz CT molecular complexity index is 1290. The standard InChI is InChI=1S/C23H26Cl2N8O4/c1-6-8-33-11-13(28-18(34)7-2)22(31-33)29-16-10-17(27-12-26-16)32(3)23(35)30-21-19(24)14(36-4)9-15(37-5)20(21)25/h7,9-12H,2,6,8H2,1,3-5H3,(H,28,34)(H,30,35)(H,26,27,29,31). The van der Waals surface area contributed by atoms with Gasteiger partial charge in [-0.05, 0) is 12.5 Å². The number of hydrogen-bond acceptors (Lipinski definition) is 8. The predicted molar refractivity (Wildman–Crippen MR) is 144 cm³/mol. The number of halogens is 2. The summed E-state index contributed by atoms with van der Waals surface area (Å²) in [5.41, 5.74) is 0.564. The zero-order valence-electron chi connectivity index (χ0n) is 20.6. The highest BCUT2D eigenvalue weighted by Crippen LogP contribution is 2.44. The number of hydrogen-bond donors (Lipinski definition) is 3. The number of rotatable bonds is 10. The molecule has 0 saturated heterocycles. The van der Waals surface area contributed by atoms with E-state index in [2.05, 4.69) is 37.6 Å². The van der Waals surface area contributed by atoms with Gasteiger partial charge in [0.05, 0.1) is 26.1 Å². The third-order valence-corrected chi connectivity index (χ3v) is 5.76. The summed E-state index contributed by atoms with van der Waals surface area (Å²) in [6.07, 6.45) is 4.99. The van der Waals surface area contributed by atoms with Crippen LogP contribution in [0.4, 0.5) is 33.6 Å². The lowest BCUT2D eigenvalue weighted by Gasteiger charge is -2.20. The number of aryl methyl sites for hydroxylation is 1. The summed E-state index contributed by atoms with van der Waals surface area (Å²) in [6.45, 7) is 6.13. The maximum absolute atomic E-state index is 13.0. The Morgan fingerprint density at radius 3 is 2.41 bits per heavy atom. The van der Waals surface area contributed by atoms with E-state index < -0.39 is 6.03 Å². The Morgan fingerprint density at radius 1 is 1.14 bits per heavy atom. The van der Waals surface area contributed by atoms with Gasteiger partial charge in [0.2, 0.25) is 5.91 Å². The van der Waals surface area contributed by atoms with E-state index in [1.54, 1.807) is 10.9 Å². The van der Waals surface area contributed by atoms with Gasteiger partial charge in [0, 0.05) is 25.7 Å². The van der Waals surface area contributed by atoms with Crippen LogP contribution in [-0.2, 0) is 11.3 Å². The van der Waals surface area contributed by atoms with Crippen LogP contribution in [0.1, 0.15) is 13.3 Å². The summed E-state index contributed by atoms with van der Waals surface area (Å²) < 4.78 is 12.2. The Hall–Kier alpha value is -4.03. The topological polar surface area (TPSA) is 136 Å². The molecular formula is C23H26Cl2N8O4. The summed E-state index contributed by atoms with van der Waals surface area (Å²) in [5, 5.41) is 13.1. The molecule has 0 radical (unpaired) electrons. The van der Waals surface area contributed by atoms with Crippen LogP contribution in [0.3, 0.4) is 0 Å². The number of ether oxygens (including phenoxy) is 2. The van der Waals surface area contributed by atoms with Crippen LogP contribution in [0.2, 0.25) is 10.0 Å². The van der Waals surface area contributed by atoms with Crippen LogP contribution in [0.15, 0.2) is 37.3 Å². The second-order valence-electron chi connectivity index (χ2n) is 7.51. The highest BCUT2D eigenvalue weighted by molar-refractivity contribution is 6.41. The molecule has 14 heteroatoms. The maximum Gasteiger partial charge on any atom is 0.327 e. The van der Waals surface area contributed by atoms with Gasteiger partial charge in [0.15, 0.2) is 5.82 Å². The number of benzene rings is 1. The average molecular weight is 549 g/mol. The molecular weight excluding hydrogens is 523 g/mol. The van der Waals surface area contributed by atoms with Gasteiger partial charge in [0.25, 0.3) is 0 Å². The predicted octanol–water partition coefficient (Wildman–Crippen LogP) is 4.94. The molecule has 0 atom stereocenters. The number of methoxy groups -OCH3 is 2. The van der Waals surface area contributed by atoms with E-state index >= 15 is 0 Å². The fraction of sp³-hybridized carbons (Fsp3) is 0.261. The normalized spacial score (nSPS) is 10.4. The van der Waals surface area contributed by atoms with Crippen LogP contribution in [0.25, 0.3) is 0 Å². The molecule has 3 amide bonds. The number of aromatic nitrogens is 4. The molecule has 0 bridgehead atoms. The third kappa shape index (κ3) is 6.40. The molecule has 0 aliphatic heterocycles. The second kappa shape index (κ2) is 12.3. The Labute approximate surface area is 223 Å². The van der Waals surface area contributed by atoms with Crippen molar-refractivity contribution in [2.45, 2.75) is 19.9 Å². The number of amides is 3. The number of carbonyl (C=O) groups excluding carboxylic acids is 2. The van der Waals surface area contributed by atoms with E-state index in [1.165, 1.54) is 44.6 Å². The molecule has 196 valence electrons. The lowest BCUT2D eigenvalue weighted by atomic mass is 10.2. The number of urea groups is 1. The van der Waals surface area contributed by atoms with Crippen molar-refractivity contribution < 1.29 is 19.1 Å². The van der Waals surface area contributed by atoms with Gasteiger partial charge in [-0.15, -0.1) is 0 Å². The van der Waals surface area contributed by atoms with E-state index in [-0.39, 0.29) is 39.0 Å². The summed E-state index contributed by atoms with van der Waals surface area (Å²) in [5.74, 6) is 1.11. The average Bonchev–Trinajstić information content (AvgIpc) is 3.26. The quantitative estimate of drug-likeness (QED) is 0.303. The molecule has 0 spiro atoms. The number of nitrogens with zero attached hydrogens (tertiary/aromatic N) is 5. The Morgan fingerprint density at radius 2 is 1.81 bits per heavy atom. The molecule has 0 aliphatic carbocycles. The number of carbonyl (C=O) groups is 2. The van der Waals surface area contributed by atoms with Crippen molar-refractivity contribution in [2.75, 3.05) is 42.1 Å². The van der Waals surface area contributed by atoms with E-state index in [4.69, 9.17) is 32.7 Å². The summed E-state index contributed by atoms with van der Waals surface area (Å²) in [4.78, 5) is 34.5. The van der Waals surface area contributed by atoms with Crippen LogP contribution in [0, 0.1) is 0 Å². The van der Waals surface area contributed by atoms with Crippen molar-refractivity contribution in [3.63, 3.8) is 0 Å². The molecule has 1 aromatic carbocycles. The van der Waals surface area contributed by atoms with Crippen LogP contribution in [-0.4, -0.2) is 53.0 Å². The third-order valence-electron chi connectivity index (χ3n) is 5.01. The van der Waals surface area contributed by atoms with Crippen molar-refractivity contribution in [3.05, 3.63) is 47.4 Å². The molecule has 0 aliphatic rings. The van der Waals surface area contributed by atoms with E-state index in [0.29, 0.717) is 23.9 Å². The van der Waals surface area contributed by atoms with Gasteiger partial charge >= 0.3 is 6.03 Å². The van der Waals surface area contributed by atoms with Gasteiger partial charge in [0.1, 0.15) is 45.2 Å². The molecule has 12 nitrogen and oxygen atoms in total. The molecule has 0 fully saturated rings. The fourth-order valence-corrected chi connectivity index (χ4v) is 3.74. The van der Waals surface area contributed by atoms with E-state index in [9.17, 15) is 9.59 Å². The van der Waals surface area contributed by atoms with Gasteiger partial charge in [-0.1, -0.05) is 36.7 Å². The Kier molecular flexibility index (Phi) is 9.15. The molecule has 0 unspecified atom stereocenters. The first kappa shape index (κ1) is 27.6. The molecule has 3 N–H and O–H groups in total. The van der Waals surface area contributed by atoms with Crippen molar-refractivity contribution in [1.82, 2.24) is 19.7 Å². The van der Waals surface area contributed by atoms with Crippen LogP contribution >= 0.6 is 23.2 Å². The highest BCUT2D eigenvalue weighted by Gasteiger charge is 2.22. The number of nitrogens with one attached hydrogen (secondary N) is 3. The molecule has 3 aromatic rings. The minimum atomic E-state index is -0.588. The SMILES string of the molecule is C=CC(=O)Nc1cn(CCC)nc1Nc1cc(N(C)C(=O)Nc2c(Cl)c(OC)cc(OC)c2Cl)ncn1. The summed E-state index contributed by atoms with van der Waals surface area (Å²) >= 11 is 12.7. The smallest absolute Gasteiger partial charge is 0.327 e. The lowest BCUT2D eigenvalue weighted by molar-refractivity contribution is -0.111. The molecule has 37 heavy (non-hydrogen) atoms. The fourth-order valence-electron chi connectivity index (χ4n) is 3.14. The Balaban J connectivity index is 1.84. The first-order valence-electron chi connectivity index (χ1n) is 11.0. The molecule has 2 aromatic heterocycles. The molecule has 3 rings (SSSR count). The first-order chi connectivity index (χ1) is 17.7. The van der Waals surface area contributed by atoms with Crippen molar-refractivity contribution in [1.29, 1.82) is 0 Å². The minimum Gasteiger partial charge on any atom is -0.495 e. The van der Waals surface area contributed by atoms with Gasteiger partial charge in [-0.2, -0.15) is 5.10 Å². The summed E-state index contributed by atoms with van der Waals surface area (Å²) in [6, 6.07) is 2.46. The monoisotopic (exact) mass is 548 g/mol. The summed E-state index contributed by atoms with van der Waals surface area (Å²) in [7, 11) is 4.37. The number of anilines is 5.